The number of amides is 2. The Morgan fingerprint density at radius 1 is 1.00 bits per heavy atom. The average molecular weight is 340 g/mol. The van der Waals surface area contributed by atoms with Crippen LogP contribution in [0.5, 0.6) is 0 Å². The van der Waals surface area contributed by atoms with Gasteiger partial charge in [0, 0.05) is 25.4 Å². The number of fused-ring (bicyclic) bond motifs is 3. The largest absolute Gasteiger partial charge is 0.356 e. The van der Waals surface area contributed by atoms with Crippen molar-refractivity contribution in [3.63, 3.8) is 0 Å². The maximum atomic E-state index is 12.1. The molecule has 0 aliphatic heterocycles. The zero-order chi connectivity index (χ0) is 17.2. The van der Waals surface area contributed by atoms with Gasteiger partial charge >= 0.3 is 0 Å². The first-order valence-corrected chi connectivity index (χ1v) is 9.86. The lowest BCUT2D eigenvalue weighted by Crippen LogP contribution is -2.34. The van der Waals surface area contributed by atoms with Crippen molar-refractivity contribution in [1.29, 1.82) is 0 Å². The molecule has 2 saturated carbocycles. The van der Waals surface area contributed by atoms with Crippen LogP contribution in [0.1, 0.15) is 62.0 Å². The number of hydrogen-bond acceptors (Lipinski definition) is 2. The number of rotatable bonds is 6. The van der Waals surface area contributed by atoms with E-state index in [-0.39, 0.29) is 11.8 Å². The molecule has 2 N–H and O–H groups in total. The molecule has 1 aromatic rings. The Morgan fingerprint density at radius 2 is 1.76 bits per heavy atom. The van der Waals surface area contributed by atoms with Gasteiger partial charge in [-0.1, -0.05) is 37.1 Å². The first-order valence-electron chi connectivity index (χ1n) is 9.86. The second-order valence-corrected chi connectivity index (χ2v) is 7.94. The third-order valence-corrected chi connectivity index (χ3v) is 6.33. The molecule has 3 aliphatic rings. The zero-order valence-electron chi connectivity index (χ0n) is 14.8. The second kappa shape index (κ2) is 7.19. The maximum Gasteiger partial charge on any atom is 0.220 e. The fraction of sp³-hybridized carbons (Fsp3) is 0.619. The number of benzene rings is 1. The summed E-state index contributed by atoms with van der Waals surface area (Å²) in [6, 6.07) is 9.07. The number of aryl methyl sites for hydroxylation is 1. The van der Waals surface area contributed by atoms with Crippen LogP contribution in [0, 0.1) is 11.8 Å². The third kappa shape index (κ3) is 3.73. The van der Waals surface area contributed by atoms with Gasteiger partial charge in [0.05, 0.1) is 0 Å². The summed E-state index contributed by atoms with van der Waals surface area (Å²) in [6.45, 7) is 0.757. The van der Waals surface area contributed by atoms with Crippen molar-refractivity contribution in [2.45, 2.75) is 63.3 Å². The summed E-state index contributed by atoms with van der Waals surface area (Å²) in [5.74, 6) is 1.99. The Kier molecular flexibility index (Phi) is 4.78. The predicted octanol–water partition coefficient (Wildman–Crippen LogP) is 2.92. The maximum absolute atomic E-state index is 12.1. The van der Waals surface area contributed by atoms with Gasteiger partial charge in [-0.25, -0.2) is 0 Å². The molecule has 0 unspecified atom stereocenters. The van der Waals surface area contributed by atoms with Gasteiger partial charge in [-0.2, -0.15) is 0 Å². The van der Waals surface area contributed by atoms with Crippen LogP contribution in [0.3, 0.4) is 0 Å². The summed E-state index contributed by atoms with van der Waals surface area (Å²) in [7, 11) is 0. The molecule has 25 heavy (non-hydrogen) atoms. The lowest BCUT2D eigenvalue weighted by molar-refractivity contribution is -0.126. The Morgan fingerprint density at radius 3 is 2.60 bits per heavy atom. The summed E-state index contributed by atoms with van der Waals surface area (Å²) in [4.78, 5) is 24.0. The first-order chi connectivity index (χ1) is 12.2. The minimum atomic E-state index is 0.0125. The highest BCUT2D eigenvalue weighted by Gasteiger charge is 2.52. The molecule has 0 saturated heterocycles. The highest BCUT2D eigenvalue weighted by molar-refractivity contribution is 5.83. The van der Waals surface area contributed by atoms with E-state index in [1.165, 1.54) is 36.8 Å². The molecule has 2 amide bonds. The SMILES string of the molecule is O=C(CCC(=O)NC1CCCC1)NC[C@@H]1[C@H]2CCc3ccccc3[C@@H]21. The molecular weight excluding hydrogens is 312 g/mol. The van der Waals surface area contributed by atoms with Crippen molar-refractivity contribution >= 4 is 11.8 Å². The van der Waals surface area contributed by atoms with Crippen LogP contribution in [-0.2, 0) is 16.0 Å². The van der Waals surface area contributed by atoms with Crippen LogP contribution in [0.25, 0.3) is 0 Å². The number of carbonyl (C=O) groups is 2. The standard InChI is InChI=1S/C21H28N2O2/c24-19(11-12-20(25)23-15-6-2-3-7-15)22-13-18-17-10-9-14-5-1-4-8-16(14)21(17)18/h1,4-5,8,15,17-18,21H,2-3,6-7,9-13H2,(H,22,24)(H,23,25)/t17-,18-,21+/m1/s1. The Labute approximate surface area is 149 Å². The normalized spacial score (nSPS) is 27.3. The van der Waals surface area contributed by atoms with Crippen molar-refractivity contribution < 1.29 is 9.59 Å². The third-order valence-electron chi connectivity index (χ3n) is 6.33. The molecule has 0 radical (unpaired) electrons. The van der Waals surface area contributed by atoms with Crippen molar-refractivity contribution in [2.24, 2.45) is 11.8 Å². The lowest BCUT2D eigenvalue weighted by Gasteiger charge is -2.13. The molecule has 3 aliphatic carbocycles. The Hall–Kier alpha value is -1.84. The summed E-state index contributed by atoms with van der Waals surface area (Å²) < 4.78 is 0. The highest BCUT2D eigenvalue weighted by atomic mass is 16.2. The number of hydrogen-bond donors (Lipinski definition) is 2. The second-order valence-electron chi connectivity index (χ2n) is 7.94. The molecule has 4 nitrogen and oxygen atoms in total. The molecule has 3 atom stereocenters. The van der Waals surface area contributed by atoms with Crippen molar-refractivity contribution in [3.8, 4) is 0 Å². The average Bonchev–Trinajstić information content (AvgIpc) is 3.11. The predicted molar refractivity (Wildman–Crippen MR) is 97.1 cm³/mol. The number of nitrogens with one attached hydrogen (secondary N) is 2. The summed E-state index contributed by atoms with van der Waals surface area (Å²) in [5, 5.41) is 6.11. The van der Waals surface area contributed by atoms with E-state index in [0.29, 0.717) is 30.7 Å². The van der Waals surface area contributed by atoms with E-state index in [1.54, 1.807) is 0 Å². The summed E-state index contributed by atoms with van der Waals surface area (Å²) >= 11 is 0. The smallest absolute Gasteiger partial charge is 0.220 e. The van der Waals surface area contributed by atoms with E-state index in [4.69, 9.17) is 0 Å². The van der Waals surface area contributed by atoms with Crippen LogP contribution in [-0.4, -0.2) is 24.4 Å². The molecule has 0 spiro atoms. The molecule has 0 aromatic heterocycles. The summed E-state index contributed by atoms with van der Waals surface area (Å²) in [6.07, 6.45) is 7.61. The molecule has 4 heteroatoms. The van der Waals surface area contributed by atoms with Crippen molar-refractivity contribution in [2.75, 3.05) is 6.54 Å². The van der Waals surface area contributed by atoms with Gasteiger partial charge in [-0.15, -0.1) is 0 Å². The van der Waals surface area contributed by atoms with Gasteiger partial charge in [0.2, 0.25) is 11.8 Å². The molecule has 1 aromatic carbocycles. The van der Waals surface area contributed by atoms with Crippen LogP contribution in [0.2, 0.25) is 0 Å². The minimum absolute atomic E-state index is 0.0125. The zero-order valence-corrected chi connectivity index (χ0v) is 14.8. The Bertz CT molecular complexity index is 651. The van der Waals surface area contributed by atoms with Crippen LogP contribution in [0.4, 0.5) is 0 Å². The number of carbonyl (C=O) groups excluding carboxylic acids is 2. The summed E-state index contributed by atoms with van der Waals surface area (Å²) in [5.41, 5.74) is 2.98. The highest BCUT2D eigenvalue weighted by Crippen LogP contribution is 2.59. The molecule has 0 heterocycles. The molecular formula is C21H28N2O2. The molecule has 134 valence electrons. The van der Waals surface area contributed by atoms with Gasteiger partial charge in [-0.3, -0.25) is 9.59 Å². The van der Waals surface area contributed by atoms with Gasteiger partial charge < -0.3 is 10.6 Å². The van der Waals surface area contributed by atoms with Gasteiger partial charge in [0.1, 0.15) is 0 Å². The minimum Gasteiger partial charge on any atom is -0.356 e. The topological polar surface area (TPSA) is 58.2 Å². The van der Waals surface area contributed by atoms with Gasteiger partial charge in [0.25, 0.3) is 0 Å². The van der Waals surface area contributed by atoms with E-state index >= 15 is 0 Å². The molecule has 2 fully saturated rings. The lowest BCUT2D eigenvalue weighted by atomic mass is 9.92. The molecule has 4 rings (SSSR count). The van der Waals surface area contributed by atoms with Gasteiger partial charge in [-0.05, 0) is 54.6 Å². The van der Waals surface area contributed by atoms with Crippen LogP contribution < -0.4 is 10.6 Å². The van der Waals surface area contributed by atoms with E-state index in [2.05, 4.69) is 34.9 Å². The first kappa shape index (κ1) is 16.6. The van der Waals surface area contributed by atoms with Gasteiger partial charge in [0.15, 0.2) is 0 Å². The van der Waals surface area contributed by atoms with E-state index in [1.807, 2.05) is 0 Å². The van der Waals surface area contributed by atoms with Crippen LogP contribution >= 0.6 is 0 Å². The van der Waals surface area contributed by atoms with E-state index in [0.717, 1.165) is 25.3 Å². The Balaban J connectivity index is 1.18. The monoisotopic (exact) mass is 340 g/mol. The quantitative estimate of drug-likeness (QED) is 0.836. The van der Waals surface area contributed by atoms with E-state index in [9.17, 15) is 9.59 Å². The van der Waals surface area contributed by atoms with E-state index < -0.39 is 0 Å². The van der Waals surface area contributed by atoms with Crippen molar-refractivity contribution in [3.05, 3.63) is 35.4 Å². The van der Waals surface area contributed by atoms with Crippen molar-refractivity contribution in [1.82, 2.24) is 10.6 Å². The fourth-order valence-electron chi connectivity index (χ4n) is 4.90. The van der Waals surface area contributed by atoms with Crippen LogP contribution in [0.15, 0.2) is 24.3 Å². The fourth-order valence-corrected chi connectivity index (χ4v) is 4.90. The molecule has 0 bridgehead atoms.